The molecule has 40 heavy (non-hydrogen) atoms. The molecule has 0 radical (unpaired) electrons. The van der Waals surface area contributed by atoms with Crippen molar-refractivity contribution >= 4 is 52.4 Å². The number of hydrogen-bond acceptors (Lipinski definition) is 7. The number of nitrogens with zero attached hydrogens (tertiary/aromatic N) is 3. The molecule has 0 aliphatic carbocycles. The fourth-order valence-electron chi connectivity index (χ4n) is 5.00. The number of ether oxygens (including phenoxy) is 2. The number of fused-ring (bicyclic) bond motifs is 1. The lowest BCUT2D eigenvalue weighted by Crippen LogP contribution is -2.50. The highest BCUT2D eigenvalue weighted by Crippen LogP contribution is 2.34. The maximum Gasteiger partial charge on any atom is 0.367 e. The predicted octanol–water partition coefficient (Wildman–Crippen LogP) is 5.01. The summed E-state index contributed by atoms with van der Waals surface area (Å²) in [5.74, 6) is -1.92. The second kappa shape index (κ2) is 14.1. The Labute approximate surface area is 244 Å². The van der Waals surface area contributed by atoms with Crippen LogP contribution >= 0.6 is 23.2 Å². The van der Waals surface area contributed by atoms with E-state index < -0.39 is 24.1 Å². The fourth-order valence-corrected chi connectivity index (χ4v) is 5.42. The van der Waals surface area contributed by atoms with E-state index in [1.165, 1.54) is 0 Å². The summed E-state index contributed by atoms with van der Waals surface area (Å²) in [6.07, 6.45) is 1.31. The molecule has 1 amide bonds. The number of unbranched alkanes of at least 4 members (excludes halogenated alkanes) is 1. The van der Waals surface area contributed by atoms with Gasteiger partial charge in [-0.15, -0.1) is 0 Å². The number of benzene rings is 2. The summed E-state index contributed by atoms with van der Waals surface area (Å²) >= 11 is 12.5. The van der Waals surface area contributed by atoms with Crippen LogP contribution in [0.15, 0.2) is 36.4 Å². The first-order valence-corrected chi connectivity index (χ1v) is 14.5. The number of carboxylic acids is 1. The number of aryl methyl sites for hydroxylation is 1. The van der Waals surface area contributed by atoms with Crippen molar-refractivity contribution in [2.45, 2.75) is 51.7 Å². The van der Waals surface area contributed by atoms with Gasteiger partial charge in [0.05, 0.1) is 28.0 Å². The summed E-state index contributed by atoms with van der Waals surface area (Å²) in [6, 6.07) is 11.0. The van der Waals surface area contributed by atoms with Crippen LogP contribution in [0.4, 0.5) is 11.4 Å². The standard InChI is InChI=1S/C29H35Cl2N3O6/c1-2-6-26(36)40-28(29(37)38)34-24-19-21(11-9-20(24)10-12-25(34)35)39-18-4-3-13-32-14-16-33(17-15-32)23-8-5-7-22(30)27(23)31/h5,7-9,11,19,28H,2-4,6,10,12-18H2,1H3,(H,37,38). The van der Waals surface area contributed by atoms with Gasteiger partial charge in [0.2, 0.25) is 5.91 Å². The van der Waals surface area contributed by atoms with Gasteiger partial charge in [0.25, 0.3) is 6.23 Å². The van der Waals surface area contributed by atoms with Crippen LogP contribution in [0.5, 0.6) is 5.75 Å². The Kier molecular flexibility index (Phi) is 10.5. The van der Waals surface area contributed by atoms with Crippen molar-refractivity contribution in [3.8, 4) is 5.75 Å². The molecule has 1 N–H and O–H groups in total. The third-order valence-corrected chi connectivity index (χ3v) is 7.93. The number of amides is 1. The van der Waals surface area contributed by atoms with Crippen molar-refractivity contribution in [2.75, 3.05) is 49.1 Å². The van der Waals surface area contributed by atoms with E-state index in [2.05, 4.69) is 9.80 Å². The Hall–Kier alpha value is -3.01. The minimum atomic E-state index is -1.71. The Morgan fingerprint density at radius 3 is 2.52 bits per heavy atom. The van der Waals surface area contributed by atoms with E-state index in [-0.39, 0.29) is 12.8 Å². The number of halogens is 2. The molecule has 2 aromatic rings. The van der Waals surface area contributed by atoms with Crippen LogP contribution in [-0.4, -0.2) is 73.4 Å². The third-order valence-electron chi connectivity index (χ3n) is 7.12. The Morgan fingerprint density at radius 1 is 1.02 bits per heavy atom. The van der Waals surface area contributed by atoms with Crippen LogP contribution in [0.25, 0.3) is 0 Å². The van der Waals surface area contributed by atoms with Crippen LogP contribution < -0.4 is 14.5 Å². The van der Waals surface area contributed by atoms with E-state index in [9.17, 15) is 19.5 Å². The summed E-state index contributed by atoms with van der Waals surface area (Å²) in [4.78, 5) is 42.5. The first-order chi connectivity index (χ1) is 19.3. The topological polar surface area (TPSA) is 99.6 Å². The molecule has 1 fully saturated rings. The summed E-state index contributed by atoms with van der Waals surface area (Å²) in [7, 11) is 0. The molecule has 9 nitrogen and oxygen atoms in total. The zero-order valence-electron chi connectivity index (χ0n) is 22.6. The quantitative estimate of drug-likeness (QED) is 0.272. The van der Waals surface area contributed by atoms with Gasteiger partial charge < -0.3 is 19.5 Å². The van der Waals surface area contributed by atoms with E-state index in [0.29, 0.717) is 40.9 Å². The molecule has 216 valence electrons. The second-order valence-corrected chi connectivity index (χ2v) is 10.7. The number of rotatable bonds is 12. The van der Waals surface area contributed by atoms with Gasteiger partial charge in [-0.25, -0.2) is 4.79 Å². The van der Waals surface area contributed by atoms with Gasteiger partial charge in [0, 0.05) is 45.1 Å². The number of piperazine rings is 1. The van der Waals surface area contributed by atoms with Gasteiger partial charge in [0.15, 0.2) is 0 Å². The number of carboxylic acid groups (broad SMARTS) is 1. The van der Waals surface area contributed by atoms with Gasteiger partial charge in [-0.05, 0) is 56.0 Å². The van der Waals surface area contributed by atoms with Crippen LogP contribution in [0.1, 0.15) is 44.6 Å². The highest BCUT2D eigenvalue weighted by atomic mass is 35.5. The van der Waals surface area contributed by atoms with Crippen LogP contribution in [0, 0.1) is 0 Å². The molecule has 1 atom stereocenters. The van der Waals surface area contributed by atoms with Crippen molar-refractivity contribution < 1.29 is 29.0 Å². The van der Waals surface area contributed by atoms with Crippen molar-refractivity contribution in [3.05, 3.63) is 52.0 Å². The highest BCUT2D eigenvalue weighted by molar-refractivity contribution is 6.43. The Morgan fingerprint density at radius 2 is 1.80 bits per heavy atom. The van der Waals surface area contributed by atoms with Crippen molar-refractivity contribution in [2.24, 2.45) is 0 Å². The minimum Gasteiger partial charge on any atom is -0.494 e. The molecule has 2 aliphatic heterocycles. The number of carbonyl (C=O) groups is 3. The summed E-state index contributed by atoms with van der Waals surface area (Å²) in [5.41, 5.74) is 2.19. The molecule has 1 saturated heterocycles. The van der Waals surface area contributed by atoms with E-state index in [0.717, 1.165) is 61.7 Å². The molecule has 0 saturated carbocycles. The SMILES string of the molecule is CCCC(=O)OC(C(=O)O)N1C(=O)CCc2ccc(OCCCCN3CCN(c4cccc(Cl)c4Cl)CC3)cc21. The van der Waals surface area contributed by atoms with Crippen LogP contribution in [0.2, 0.25) is 10.0 Å². The maximum absolute atomic E-state index is 12.7. The largest absolute Gasteiger partial charge is 0.494 e. The molecule has 0 spiro atoms. The van der Waals surface area contributed by atoms with Crippen molar-refractivity contribution in [1.29, 1.82) is 0 Å². The third kappa shape index (κ3) is 7.38. The number of hydrogen-bond donors (Lipinski definition) is 1. The summed E-state index contributed by atoms with van der Waals surface area (Å²) in [5, 5.41) is 10.9. The van der Waals surface area contributed by atoms with Gasteiger partial charge in [-0.2, -0.15) is 0 Å². The molecule has 2 aliphatic rings. The average Bonchev–Trinajstić information content (AvgIpc) is 2.94. The van der Waals surface area contributed by atoms with Gasteiger partial charge in [0.1, 0.15) is 5.75 Å². The number of carbonyl (C=O) groups excluding carboxylic acids is 2. The monoisotopic (exact) mass is 591 g/mol. The maximum atomic E-state index is 12.7. The van der Waals surface area contributed by atoms with Gasteiger partial charge in [-0.3, -0.25) is 19.4 Å². The molecule has 0 bridgehead atoms. The van der Waals surface area contributed by atoms with E-state index in [1.54, 1.807) is 19.1 Å². The molecule has 4 rings (SSSR count). The minimum absolute atomic E-state index is 0.0771. The fraction of sp³-hybridized carbons (Fsp3) is 0.483. The van der Waals surface area contributed by atoms with Gasteiger partial charge >= 0.3 is 11.9 Å². The Bertz CT molecular complexity index is 1220. The van der Waals surface area contributed by atoms with Gasteiger partial charge in [-0.1, -0.05) is 42.3 Å². The molecular weight excluding hydrogens is 557 g/mol. The lowest BCUT2D eigenvalue weighted by Gasteiger charge is -2.36. The van der Waals surface area contributed by atoms with E-state index in [4.69, 9.17) is 32.7 Å². The summed E-state index contributed by atoms with van der Waals surface area (Å²) in [6.45, 7) is 6.87. The summed E-state index contributed by atoms with van der Waals surface area (Å²) < 4.78 is 11.1. The molecule has 1 unspecified atom stereocenters. The van der Waals surface area contributed by atoms with E-state index >= 15 is 0 Å². The van der Waals surface area contributed by atoms with E-state index in [1.807, 2.05) is 24.3 Å². The first-order valence-electron chi connectivity index (χ1n) is 13.7. The van der Waals surface area contributed by atoms with Crippen molar-refractivity contribution in [1.82, 2.24) is 4.90 Å². The first kappa shape index (κ1) is 30.0. The van der Waals surface area contributed by atoms with Crippen LogP contribution in [-0.2, 0) is 25.5 Å². The number of anilines is 2. The van der Waals surface area contributed by atoms with Crippen molar-refractivity contribution in [3.63, 3.8) is 0 Å². The predicted molar refractivity (Wildman–Crippen MR) is 155 cm³/mol. The van der Waals surface area contributed by atoms with Crippen LogP contribution in [0.3, 0.4) is 0 Å². The molecule has 0 aromatic heterocycles. The lowest BCUT2D eigenvalue weighted by atomic mass is 10.0. The Balaban J connectivity index is 1.27. The molecule has 2 heterocycles. The molecule has 11 heteroatoms. The molecular formula is C29H35Cl2N3O6. The number of esters is 1. The number of aliphatic carboxylic acids is 1. The zero-order chi connectivity index (χ0) is 28.6. The normalized spacial score (nSPS) is 16.4. The smallest absolute Gasteiger partial charge is 0.367 e. The zero-order valence-corrected chi connectivity index (χ0v) is 24.1. The second-order valence-electron chi connectivity index (χ2n) is 9.94. The molecule has 2 aromatic carbocycles. The highest BCUT2D eigenvalue weighted by Gasteiger charge is 2.37. The lowest BCUT2D eigenvalue weighted by molar-refractivity contribution is -0.165. The average molecular weight is 593 g/mol.